The molecular formula is C16H22O2. The zero-order valence-electron chi connectivity index (χ0n) is 11.1. The standard InChI is InChI=1S/C16H22O2/c1-14(18)10-11-16(9-5-6-12-17)13-15-7-3-2-4-8-15/h2-4,7-8,13,17H,5-6,9-12H2,1H3/b16-13+. The lowest BCUT2D eigenvalue weighted by molar-refractivity contribution is -0.116. The van der Waals surface area contributed by atoms with Crippen molar-refractivity contribution in [3.8, 4) is 0 Å². The molecule has 0 heterocycles. The third-order valence-corrected chi connectivity index (χ3v) is 2.87. The molecule has 0 aliphatic carbocycles. The summed E-state index contributed by atoms with van der Waals surface area (Å²) in [4.78, 5) is 11.1. The van der Waals surface area contributed by atoms with Gasteiger partial charge >= 0.3 is 0 Å². The third-order valence-electron chi connectivity index (χ3n) is 2.87. The van der Waals surface area contributed by atoms with Gasteiger partial charge in [0.25, 0.3) is 0 Å². The van der Waals surface area contributed by atoms with Crippen molar-refractivity contribution in [1.29, 1.82) is 0 Å². The number of Topliss-reactive ketones (excluding diaryl/α,β-unsaturated/α-hetero) is 1. The summed E-state index contributed by atoms with van der Waals surface area (Å²) in [5.41, 5.74) is 2.48. The van der Waals surface area contributed by atoms with Crippen molar-refractivity contribution < 1.29 is 9.90 Å². The Hall–Kier alpha value is -1.41. The average molecular weight is 246 g/mol. The summed E-state index contributed by atoms with van der Waals surface area (Å²) in [6.45, 7) is 1.87. The summed E-state index contributed by atoms with van der Waals surface area (Å²) in [5.74, 6) is 0.233. The van der Waals surface area contributed by atoms with Gasteiger partial charge in [-0.05, 0) is 38.2 Å². The van der Waals surface area contributed by atoms with E-state index in [9.17, 15) is 4.79 Å². The number of carbonyl (C=O) groups is 1. The molecule has 0 spiro atoms. The number of aliphatic hydroxyl groups is 1. The maximum Gasteiger partial charge on any atom is 0.130 e. The summed E-state index contributed by atoms with van der Waals surface area (Å²) in [6, 6.07) is 10.2. The predicted molar refractivity (Wildman–Crippen MR) is 75.3 cm³/mol. The minimum atomic E-state index is 0.233. The normalized spacial score (nSPS) is 11.6. The number of allylic oxidation sites excluding steroid dienone is 1. The summed E-state index contributed by atoms with van der Waals surface area (Å²) in [6.07, 6.45) is 6.37. The van der Waals surface area contributed by atoms with Gasteiger partial charge in [0.2, 0.25) is 0 Å². The van der Waals surface area contributed by atoms with Crippen LogP contribution in [0.5, 0.6) is 0 Å². The second kappa shape index (κ2) is 8.65. The van der Waals surface area contributed by atoms with Crippen molar-refractivity contribution in [2.75, 3.05) is 6.61 Å². The molecule has 0 aliphatic heterocycles. The predicted octanol–water partition coefficient (Wildman–Crippen LogP) is 3.60. The van der Waals surface area contributed by atoms with Gasteiger partial charge in [0.1, 0.15) is 5.78 Å². The van der Waals surface area contributed by atoms with Crippen LogP contribution in [-0.4, -0.2) is 17.5 Å². The first-order chi connectivity index (χ1) is 8.72. The Balaban J connectivity index is 2.63. The van der Waals surface area contributed by atoms with Gasteiger partial charge in [-0.1, -0.05) is 42.0 Å². The van der Waals surface area contributed by atoms with E-state index in [0.29, 0.717) is 6.42 Å². The van der Waals surface area contributed by atoms with E-state index in [0.717, 1.165) is 25.7 Å². The highest BCUT2D eigenvalue weighted by Crippen LogP contribution is 2.18. The molecule has 1 aromatic rings. The summed E-state index contributed by atoms with van der Waals surface area (Å²) < 4.78 is 0. The summed E-state index contributed by atoms with van der Waals surface area (Å²) >= 11 is 0. The first-order valence-corrected chi connectivity index (χ1v) is 6.57. The first-order valence-electron chi connectivity index (χ1n) is 6.57. The zero-order chi connectivity index (χ0) is 13.2. The average Bonchev–Trinajstić information content (AvgIpc) is 2.37. The lowest BCUT2D eigenvalue weighted by Crippen LogP contribution is -1.94. The van der Waals surface area contributed by atoms with E-state index in [1.807, 2.05) is 18.2 Å². The molecule has 2 nitrogen and oxygen atoms in total. The number of hydrogen-bond donors (Lipinski definition) is 1. The van der Waals surface area contributed by atoms with Crippen molar-refractivity contribution in [1.82, 2.24) is 0 Å². The second-order valence-electron chi connectivity index (χ2n) is 4.60. The highest BCUT2D eigenvalue weighted by atomic mass is 16.2. The van der Waals surface area contributed by atoms with Crippen molar-refractivity contribution in [3.63, 3.8) is 0 Å². The number of hydrogen-bond acceptors (Lipinski definition) is 2. The Bertz CT molecular complexity index is 379. The lowest BCUT2D eigenvalue weighted by Gasteiger charge is -2.06. The molecule has 0 saturated carbocycles. The minimum Gasteiger partial charge on any atom is -0.396 e. The van der Waals surface area contributed by atoms with E-state index in [1.165, 1.54) is 11.1 Å². The molecular weight excluding hydrogens is 224 g/mol. The van der Waals surface area contributed by atoms with Crippen LogP contribution in [-0.2, 0) is 4.79 Å². The van der Waals surface area contributed by atoms with Gasteiger partial charge in [0.15, 0.2) is 0 Å². The lowest BCUT2D eigenvalue weighted by atomic mass is 9.99. The van der Waals surface area contributed by atoms with E-state index in [2.05, 4.69) is 18.2 Å². The fourth-order valence-corrected chi connectivity index (χ4v) is 1.85. The van der Waals surface area contributed by atoms with E-state index in [-0.39, 0.29) is 12.4 Å². The van der Waals surface area contributed by atoms with Crippen molar-refractivity contribution in [2.45, 2.75) is 39.0 Å². The topological polar surface area (TPSA) is 37.3 Å². The van der Waals surface area contributed by atoms with Crippen LogP contribution in [0.1, 0.15) is 44.6 Å². The Morgan fingerprint density at radius 3 is 2.44 bits per heavy atom. The fraction of sp³-hybridized carbons (Fsp3) is 0.438. The monoisotopic (exact) mass is 246 g/mol. The van der Waals surface area contributed by atoms with Crippen LogP contribution in [0.4, 0.5) is 0 Å². The van der Waals surface area contributed by atoms with Crippen LogP contribution in [0.25, 0.3) is 6.08 Å². The van der Waals surface area contributed by atoms with Crippen LogP contribution < -0.4 is 0 Å². The largest absolute Gasteiger partial charge is 0.396 e. The number of rotatable bonds is 8. The van der Waals surface area contributed by atoms with Crippen molar-refractivity contribution >= 4 is 11.9 Å². The molecule has 1 rings (SSSR count). The quantitative estimate of drug-likeness (QED) is 0.712. The smallest absolute Gasteiger partial charge is 0.130 e. The molecule has 0 aliphatic rings. The van der Waals surface area contributed by atoms with Crippen LogP contribution >= 0.6 is 0 Å². The molecule has 0 fully saturated rings. The Morgan fingerprint density at radius 1 is 1.11 bits per heavy atom. The maximum atomic E-state index is 11.1. The highest BCUT2D eigenvalue weighted by Gasteiger charge is 2.01. The maximum absolute atomic E-state index is 11.1. The molecule has 1 N–H and O–H groups in total. The van der Waals surface area contributed by atoms with Crippen molar-refractivity contribution in [2.24, 2.45) is 0 Å². The Labute approximate surface area is 109 Å². The molecule has 0 amide bonds. The minimum absolute atomic E-state index is 0.233. The fourth-order valence-electron chi connectivity index (χ4n) is 1.85. The summed E-state index contributed by atoms with van der Waals surface area (Å²) in [5, 5.41) is 8.81. The molecule has 0 bridgehead atoms. The van der Waals surface area contributed by atoms with Gasteiger partial charge in [-0.2, -0.15) is 0 Å². The molecule has 18 heavy (non-hydrogen) atoms. The Morgan fingerprint density at radius 2 is 1.83 bits per heavy atom. The third kappa shape index (κ3) is 6.36. The van der Waals surface area contributed by atoms with E-state index < -0.39 is 0 Å². The van der Waals surface area contributed by atoms with Gasteiger partial charge in [0.05, 0.1) is 0 Å². The molecule has 0 aromatic heterocycles. The van der Waals surface area contributed by atoms with Gasteiger partial charge in [-0.3, -0.25) is 0 Å². The van der Waals surface area contributed by atoms with Gasteiger partial charge < -0.3 is 9.90 Å². The van der Waals surface area contributed by atoms with E-state index in [4.69, 9.17) is 5.11 Å². The molecule has 0 unspecified atom stereocenters. The molecule has 2 heteroatoms. The van der Waals surface area contributed by atoms with Crippen molar-refractivity contribution in [3.05, 3.63) is 41.5 Å². The summed E-state index contributed by atoms with van der Waals surface area (Å²) in [7, 11) is 0. The first kappa shape index (κ1) is 14.7. The van der Waals surface area contributed by atoms with Crippen LogP contribution in [0.2, 0.25) is 0 Å². The number of benzene rings is 1. The van der Waals surface area contributed by atoms with Gasteiger partial charge in [-0.25, -0.2) is 0 Å². The SMILES string of the molecule is CC(=O)CC/C(=C/c1ccccc1)CCCCO. The van der Waals surface area contributed by atoms with E-state index >= 15 is 0 Å². The zero-order valence-corrected chi connectivity index (χ0v) is 11.1. The van der Waals surface area contributed by atoms with Gasteiger partial charge in [0, 0.05) is 13.0 Å². The van der Waals surface area contributed by atoms with Gasteiger partial charge in [-0.15, -0.1) is 0 Å². The Kier molecular flexibility index (Phi) is 7.04. The van der Waals surface area contributed by atoms with Crippen LogP contribution in [0.15, 0.2) is 35.9 Å². The number of aliphatic hydroxyl groups excluding tert-OH is 1. The molecule has 98 valence electrons. The molecule has 0 radical (unpaired) electrons. The molecule has 0 saturated heterocycles. The number of unbranched alkanes of at least 4 members (excludes halogenated alkanes) is 1. The molecule has 0 atom stereocenters. The van der Waals surface area contributed by atoms with E-state index in [1.54, 1.807) is 6.92 Å². The molecule has 1 aromatic carbocycles. The second-order valence-corrected chi connectivity index (χ2v) is 4.60. The van der Waals surface area contributed by atoms with Crippen LogP contribution in [0, 0.1) is 0 Å². The number of ketones is 1. The number of carbonyl (C=O) groups excluding carboxylic acids is 1. The van der Waals surface area contributed by atoms with Crippen LogP contribution in [0.3, 0.4) is 0 Å². The highest BCUT2D eigenvalue weighted by molar-refractivity contribution is 5.75.